The standard InChI is InChI=1S/C46H78O19/c1-19(18-59-41-38(56)36(54)33(51)29(16-47)62-41)9-12-46(58-6)20(2)31-28(65-46)14-25-23-8-7-22-13-27(26(49)15-45(22,5)24(23)10-11-44(25,31)4)61-43-40(37(55)34(52)30(17-48)63-43)64-42-39(57)35(53)32(50)21(3)60-42/h19-43,47-57H,7-18H2,1-6H3/t19-,20+,21+,22+,23-,24+,25+,26-,27-,28+,29-,30-,31+,32+,33-,34+,35-,36+,37+,38-,39-,40-,41-,42+,43-,44+,45+,46?/m1/s1. The molecule has 0 radical (unpaired) electrons. The third kappa shape index (κ3) is 8.79. The summed E-state index contributed by atoms with van der Waals surface area (Å²) in [6, 6.07) is 0. The summed E-state index contributed by atoms with van der Waals surface area (Å²) in [5, 5.41) is 116. The van der Waals surface area contributed by atoms with Gasteiger partial charge in [0.25, 0.3) is 0 Å². The van der Waals surface area contributed by atoms with E-state index in [0.29, 0.717) is 43.4 Å². The molecule has 4 aliphatic carbocycles. The first-order valence-electron chi connectivity index (χ1n) is 24.2. The molecule has 4 saturated carbocycles. The number of methoxy groups -OCH3 is 1. The first-order chi connectivity index (χ1) is 30.7. The maximum absolute atomic E-state index is 11.9. The summed E-state index contributed by atoms with van der Waals surface area (Å²) in [6.07, 6.45) is -15.4. The normalized spacial score (nSPS) is 56.1. The van der Waals surface area contributed by atoms with E-state index in [1.54, 1.807) is 7.11 Å². The highest BCUT2D eigenvalue weighted by atomic mass is 16.8. The molecule has 19 heteroatoms. The molecule has 8 fully saturated rings. The van der Waals surface area contributed by atoms with Gasteiger partial charge in [-0.3, -0.25) is 0 Å². The highest BCUT2D eigenvalue weighted by Gasteiger charge is 2.69. The van der Waals surface area contributed by atoms with Crippen LogP contribution in [0.5, 0.6) is 0 Å². The fourth-order valence-electron chi connectivity index (χ4n) is 14.5. The molecule has 8 rings (SSSR count). The summed E-state index contributed by atoms with van der Waals surface area (Å²) < 4.78 is 48.7. The van der Waals surface area contributed by atoms with E-state index in [2.05, 4.69) is 20.8 Å². The molecule has 0 aromatic rings. The van der Waals surface area contributed by atoms with E-state index in [0.717, 1.165) is 32.1 Å². The zero-order valence-electron chi connectivity index (χ0n) is 38.6. The number of aliphatic hydroxyl groups is 11. The molecule has 0 aromatic carbocycles. The SMILES string of the molecule is COC1(CC[C@@H](C)CO[C@@H]2O[C@H](CO)[C@@H](O)[C@H](O)[C@H]2O)O[C@H]2C[C@H]3[C@@H]4CC[C@H]5C[C@@H](O[C@@H]6O[C@H](CO)[C@H](O)[C@H](O)[C@H]6O[C@@H]6O[C@@H](C)[C@H](O)[C@@H](O)[C@H]6O)[C@H](O)C[C@]5(C)[C@H]4CC[C@]3(C)[C@H]2[C@@H]1C. The van der Waals surface area contributed by atoms with Gasteiger partial charge in [0, 0.05) is 19.4 Å². The second-order valence-corrected chi connectivity index (χ2v) is 21.8. The maximum Gasteiger partial charge on any atom is 0.187 e. The largest absolute Gasteiger partial charge is 0.394 e. The Morgan fingerprint density at radius 1 is 0.677 bits per heavy atom. The molecule has 4 heterocycles. The van der Waals surface area contributed by atoms with Crippen molar-refractivity contribution in [2.45, 2.75) is 209 Å². The topological polar surface area (TPSA) is 296 Å². The van der Waals surface area contributed by atoms with Gasteiger partial charge < -0.3 is 94.1 Å². The lowest BCUT2D eigenvalue weighted by atomic mass is 9.44. The third-order valence-electron chi connectivity index (χ3n) is 18.3. The van der Waals surface area contributed by atoms with Gasteiger partial charge in [0.15, 0.2) is 24.7 Å². The van der Waals surface area contributed by atoms with E-state index in [1.165, 1.54) is 6.92 Å². The number of ether oxygens (including phenoxy) is 8. The second kappa shape index (κ2) is 19.4. The van der Waals surface area contributed by atoms with Crippen LogP contribution >= 0.6 is 0 Å². The van der Waals surface area contributed by atoms with Crippen LogP contribution in [0.1, 0.15) is 92.4 Å². The minimum Gasteiger partial charge on any atom is -0.394 e. The van der Waals surface area contributed by atoms with Crippen LogP contribution in [0.3, 0.4) is 0 Å². The van der Waals surface area contributed by atoms with Crippen LogP contribution in [0.15, 0.2) is 0 Å². The van der Waals surface area contributed by atoms with Crippen LogP contribution in [0, 0.1) is 52.3 Å². The Hall–Kier alpha value is -0.760. The van der Waals surface area contributed by atoms with E-state index >= 15 is 0 Å². The van der Waals surface area contributed by atoms with Gasteiger partial charge in [0.1, 0.15) is 67.1 Å². The molecule has 1 unspecified atom stereocenters. The van der Waals surface area contributed by atoms with Gasteiger partial charge in [0.05, 0.1) is 44.2 Å². The van der Waals surface area contributed by atoms with Gasteiger partial charge in [-0.1, -0.05) is 27.7 Å². The number of fused-ring (bicyclic) bond motifs is 7. The molecule has 19 nitrogen and oxygen atoms in total. The van der Waals surface area contributed by atoms with E-state index in [4.69, 9.17) is 37.9 Å². The van der Waals surface area contributed by atoms with Crippen molar-refractivity contribution in [3.8, 4) is 0 Å². The van der Waals surface area contributed by atoms with Crippen molar-refractivity contribution in [1.29, 1.82) is 0 Å². The summed E-state index contributed by atoms with van der Waals surface area (Å²) in [4.78, 5) is 0. The van der Waals surface area contributed by atoms with Crippen LogP contribution in [0.2, 0.25) is 0 Å². The zero-order chi connectivity index (χ0) is 47.1. The van der Waals surface area contributed by atoms with Crippen molar-refractivity contribution in [3.05, 3.63) is 0 Å². The summed E-state index contributed by atoms with van der Waals surface area (Å²) >= 11 is 0. The Balaban J connectivity index is 0.894. The molecule has 0 aromatic heterocycles. The third-order valence-corrected chi connectivity index (χ3v) is 18.3. The smallest absolute Gasteiger partial charge is 0.187 e. The van der Waals surface area contributed by atoms with Crippen molar-refractivity contribution in [1.82, 2.24) is 0 Å². The number of rotatable bonds is 13. The highest BCUT2D eigenvalue weighted by Crippen LogP contribution is 2.71. The van der Waals surface area contributed by atoms with E-state index < -0.39 is 123 Å². The Bertz CT molecular complexity index is 1600. The van der Waals surface area contributed by atoms with Gasteiger partial charge in [-0.2, -0.15) is 0 Å². The van der Waals surface area contributed by atoms with Gasteiger partial charge in [-0.25, -0.2) is 0 Å². The summed E-state index contributed by atoms with van der Waals surface area (Å²) in [5.41, 5.74) is -0.160. The van der Waals surface area contributed by atoms with Crippen molar-refractivity contribution in [3.63, 3.8) is 0 Å². The Morgan fingerprint density at radius 3 is 2.00 bits per heavy atom. The number of hydrogen-bond acceptors (Lipinski definition) is 19. The molecule has 0 amide bonds. The van der Waals surface area contributed by atoms with E-state index in [-0.39, 0.29) is 47.2 Å². The molecule has 376 valence electrons. The van der Waals surface area contributed by atoms with E-state index in [9.17, 15) is 56.2 Å². The fraction of sp³-hybridized carbons (Fsp3) is 1.00. The lowest BCUT2D eigenvalue weighted by molar-refractivity contribution is -0.374. The molecule has 0 spiro atoms. The van der Waals surface area contributed by atoms with Crippen molar-refractivity contribution in [2.24, 2.45) is 52.3 Å². The van der Waals surface area contributed by atoms with Crippen molar-refractivity contribution >= 4 is 0 Å². The lowest BCUT2D eigenvalue weighted by Crippen LogP contribution is -2.65. The molecular formula is C46H78O19. The maximum atomic E-state index is 11.9. The van der Waals surface area contributed by atoms with Crippen LogP contribution in [-0.4, -0.2) is 199 Å². The predicted octanol–water partition coefficient (Wildman–Crippen LogP) is -1.13. The molecule has 11 N–H and O–H groups in total. The first kappa shape index (κ1) is 50.6. The summed E-state index contributed by atoms with van der Waals surface area (Å²) in [5.74, 6) is 1.07. The average Bonchev–Trinajstić information content (AvgIpc) is 3.74. The predicted molar refractivity (Wildman–Crippen MR) is 224 cm³/mol. The Kier molecular flexibility index (Phi) is 15.1. The second-order valence-electron chi connectivity index (χ2n) is 21.8. The number of aliphatic hydroxyl groups excluding tert-OH is 11. The molecule has 4 saturated heterocycles. The zero-order valence-corrected chi connectivity index (χ0v) is 38.6. The van der Waals surface area contributed by atoms with E-state index in [1.807, 2.05) is 6.92 Å². The minimum absolute atomic E-state index is 0.0121. The molecule has 8 aliphatic rings. The highest BCUT2D eigenvalue weighted by molar-refractivity contribution is 5.16. The number of hydrogen-bond donors (Lipinski definition) is 11. The monoisotopic (exact) mass is 935 g/mol. The molecule has 0 bridgehead atoms. The minimum atomic E-state index is -1.69. The molecular weight excluding hydrogens is 856 g/mol. The fourth-order valence-corrected chi connectivity index (χ4v) is 14.5. The summed E-state index contributed by atoms with van der Waals surface area (Å²) in [7, 11) is 1.72. The lowest BCUT2D eigenvalue weighted by Gasteiger charge is -2.62. The average molecular weight is 935 g/mol. The Labute approximate surface area is 381 Å². The quantitative estimate of drug-likeness (QED) is 0.0975. The van der Waals surface area contributed by atoms with Gasteiger partial charge in [-0.15, -0.1) is 0 Å². The van der Waals surface area contributed by atoms with Crippen molar-refractivity contribution < 1.29 is 94.1 Å². The molecule has 4 aliphatic heterocycles. The van der Waals surface area contributed by atoms with Crippen LogP contribution in [0.4, 0.5) is 0 Å². The van der Waals surface area contributed by atoms with Gasteiger partial charge >= 0.3 is 0 Å². The molecule has 65 heavy (non-hydrogen) atoms. The first-order valence-corrected chi connectivity index (χ1v) is 24.2. The van der Waals surface area contributed by atoms with Crippen molar-refractivity contribution in [2.75, 3.05) is 26.9 Å². The van der Waals surface area contributed by atoms with Gasteiger partial charge in [-0.05, 0) is 105 Å². The Morgan fingerprint density at radius 2 is 1.32 bits per heavy atom. The van der Waals surface area contributed by atoms with Gasteiger partial charge in [0.2, 0.25) is 0 Å². The molecule has 28 atom stereocenters. The van der Waals surface area contributed by atoms with Crippen LogP contribution < -0.4 is 0 Å². The summed E-state index contributed by atoms with van der Waals surface area (Å²) in [6.45, 7) is 9.60. The van der Waals surface area contributed by atoms with Crippen LogP contribution in [-0.2, 0) is 37.9 Å². The van der Waals surface area contributed by atoms with Crippen LogP contribution in [0.25, 0.3) is 0 Å².